The molecule has 0 bridgehead atoms. The van der Waals surface area contributed by atoms with E-state index in [1.165, 1.54) is 0 Å². The summed E-state index contributed by atoms with van der Waals surface area (Å²) < 4.78 is 0. The zero-order chi connectivity index (χ0) is 17.7. The lowest BCUT2D eigenvalue weighted by Gasteiger charge is -2.34. The van der Waals surface area contributed by atoms with Crippen LogP contribution in [0.25, 0.3) is 0 Å². The van der Waals surface area contributed by atoms with Gasteiger partial charge in [0.25, 0.3) is 5.91 Å². The van der Waals surface area contributed by atoms with Crippen molar-refractivity contribution in [2.75, 3.05) is 13.1 Å². The summed E-state index contributed by atoms with van der Waals surface area (Å²) in [4.78, 5) is 37.7. The summed E-state index contributed by atoms with van der Waals surface area (Å²) >= 11 is 0. The minimum absolute atomic E-state index is 0.00363. The second kappa shape index (κ2) is 7.47. The molecule has 0 radical (unpaired) electrons. The van der Waals surface area contributed by atoms with Crippen LogP contribution in [0, 0.1) is 5.92 Å². The summed E-state index contributed by atoms with van der Waals surface area (Å²) in [6.45, 7) is 4.38. The molecule has 0 aliphatic carbocycles. The van der Waals surface area contributed by atoms with Crippen LogP contribution in [0.3, 0.4) is 0 Å². The largest absolute Gasteiger partial charge is 0.481 e. The first-order valence-electron chi connectivity index (χ1n) is 8.21. The van der Waals surface area contributed by atoms with Gasteiger partial charge in [-0.1, -0.05) is 25.1 Å². The van der Waals surface area contributed by atoms with Crippen molar-refractivity contribution in [3.05, 3.63) is 35.9 Å². The molecule has 24 heavy (non-hydrogen) atoms. The molecule has 1 saturated heterocycles. The molecule has 0 saturated carbocycles. The molecular formula is C18H24N2O4. The highest BCUT2D eigenvalue weighted by molar-refractivity contribution is 5.99. The second-order valence-corrected chi connectivity index (χ2v) is 6.61. The average Bonchev–Trinajstić information content (AvgIpc) is 2.95. The first-order valence-corrected chi connectivity index (χ1v) is 8.21. The number of nitrogens with one attached hydrogen (secondary N) is 1. The number of carboxylic acid groups (broad SMARTS) is 1. The van der Waals surface area contributed by atoms with Gasteiger partial charge in [0.15, 0.2) is 0 Å². The smallest absolute Gasteiger partial charge is 0.303 e. The van der Waals surface area contributed by atoms with Crippen molar-refractivity contribution in [1.82, 2.24) is 10.2 Å². The maximum absolute atomic E-state index is 12.7. The lowest BCUT2D eigenvalue weighted by atomic mass is 9.96. The van der Waals surface area contributed by atoms with Crippen LogP contribution in [0.1, 0.15) is 43.5 Å². The first kappa shape index (κ1) is 18.0. The Balaban J connectivity index is 2.05. The van der Waals surface area contributed by atoms with Crippen LogP contribution in [0.15, 0.2) is 30.3 Å². The van der Waals surface area contributed by atoms with Crippen LogP contribution >= 0.6 is 0 Å². The number of nitrogens with zero attached hydrogens (tertiary/aromatic N) is 1. The molecule has 2 atom stereocenters. The van der Waals surface area contributed by atoms with Crippen molar-refractivity contribution < 1.29 is 19.5 Å². The van der Waals surface area contributed by atoms with E-state index in [-0.39, 0.29) is 30.7 Å². The maximum atomic E-state index is 12.7. The number of hydrogen-bond donors (Lipinski definition) is 2. The Morgan fingerprint density at radius 2 is 1.96 bits per heavy atom. The molecule has 1 aromatic carbocycles. The Morgan fingerprint density at radius 1 is 1.29 bits per heavy atom. The van der Waals surface area contributed by atoms with Crippen LogP contribution in [0.2, 0.25) is 0 Å². The van der Waals surface area contributed by atoms with Gasteiger partial charge >= 0.3 is 5.97 Å². The van der Waals surface area contributed by atoms with Crippen molar-refractivity contribution in [3.63, 3.8) is 0 Å². The van der Waals surface area contributed by atoms with Gasteiger partial charge in [0.2, 0.25) is 5.91 Å². The Hall–Kier alpha value is -2.37. The van der Waals surface area contributed by atoms with E-state index in [9.17, 15) is 14.4 Å². The number of hydrogen-bond acceptors (Lipinski definition) is 3. The van der Waals surface area contributed by atoms with E-state index in [1.807, 2.05) is 6.07 Å². The fourth-order valence-corrected chi connectivity index (χ4v) is 3.09. The van der Waals surface area contributed by atoms with Crippen LogP contribution in [0.4, 0.5) is 0 Å². The molecule has 6 heteroatoms. The van der Waals surface area contributed by atoms with Crippen LogP contribution in [0.5, 0.6) is 0 Å². The van der Waals surface area contributed by atoms with E-state index in [1.54, 1.807) is 43.0 Å². The van der Waals surface area contributed by atoms with Gasteiger partial charge < -0.3 is 15.3 Å². The lowest BCUT2D eigenvalue weighted by Crippen LogP contribution is -2.56. The number of carbonyl (C=O) groups is 3. The van der Waals surface area contributed by atoms with Gasteiger partial charge in [-0.3, -0.25) is 14.4 Å². The molecular weight excluding hydrogens is 308 g/mol. The van der Waals surface area contributed by atoms with Gasteiger partial charge in [-0.2, -0.15) is 0 Å². The number of aliphatic carboxylic acids is 1. The number of amides is 2. The molecule has 2 N–H and O–H groups in total. The lowest BCUT2D eigenvalue weighted by molar-refractivity contribution is -0.138. The van der Waals surface area contributed by atoms with E-state index < -0.39 is 11.5 Å². The van der Waals surface area contributed by atoms with Gasteiger partial charge in [-0.05, 0) is 37.8 Å². The standard InChI is InChI=1S/C18H24N2O4/c1-13(11-15(21)22)12-19-17(24)18(2)9-6-10-20(18)16(23)14-7-4-3-5-8-14/h3-5,7-8,13H,6,9-12H2,1-2H3,(H,19,24)(H,21,22)/t13-,18-/m1/s1. The fourth-order valence-electron chi connectivity index (χ4n) is 3.09. The normalized spacial score (nSPS) is 21.3. The molecule has 2 rings (SSSR count). The van der Waals surface area contributed by atoms with Crippen LogP contribution in [-0.2, 0) is 9.59 Å². The van der Waals surface area contributed by atoms with E-state index >= 15 is 0 Å². The Morgan fingerprint density at radius 3 is 2.58 bits per heavy atom. The molecule has 2 amide bonds. The Kier molecular flexibility index (Phi) is 5.59. The third-order valence-corrected chi connectivity index (χ3v) is 4.53. The molecule has 1 aromatic rings. The highest BCUT2D eigenvalue weighted by Gasteiger charge is 2.45. The van der Waals surface area contributed by atoms with Gasteiger partial charge in [0, 0.05) is 25.1 Å². The third-order valence-electron chi connectivity index (χ3n) is 4.53. The maximum Gasteiger partial charge on any atom is 0.303 e. The highest BCUT2D eigenvalue weighted by atomic mass is 16.4. The number of likely N-dealkylation sites (tertiary alicyclic amines) is 1. The van der Waals surface area contributed by atoms with Crippen LogP contribution < -0.4 is 5.32 Å². The van der Waals surface area contributed by atoms with Crippen molar-refractivity contribution in [1.29, 1.82) is 0 Å². The summed E-state index contributed by atoms with van der Waals surface area (Å²) in [5.41, 5.74) is -0.326. The zero-order valence-electron chi connectivity index (χ0n) is 14.1. The molecule has 6 nitrogen and oxygen atoms in total. The highest BCUT2D eigenvalue weighted by Crippen LogP contribution is 2.30. The summed E-state index contributed by atoms with van der Waals surface area (Å²) in [5.74, 6) is -1.41. The van der Waals surface area contributed by atoms with E-state index in [0.29, 0.717) is 18.5 Å². The quantitative estimate of drug-likeness (QED) is 0.833. The Bertz CT molecular complexity index is 617. The molecule has 1 aliphatic heterocycles. The predicted molar refractivity (Wildman–Crippen MR) is 89.5 cm³/mol. The molecule has 1 heterocycles. The average molecular weight is 332 g/mol. The van der Waals surface area contributed by atoms with Gasteiger partial charge in [-0.25, -0.2) is 0 Å². The molecule has 130 valence electrons. The van der Waals surface area contributed by atoms with E-state index in [2.05, 4.69) is 5.32 Å². The molecule has 1 aliphatic rings. The number of rotatable bonds is 6. The van der Waals surface area contributed by atoms with Gasteiger partial charge in [0.05, 0.1) is 0 Å². The molecule has 0 spiro atoms. The zero-order valence-corrected chi connectivity index (χ0v) is 14.1. The van der Waals surface area contributed by atoms with Gasteiger partial charge in [0.1, 0.15) is 5.54 Å². The summed E-state index contributed by atoms with van der Waals surface area (Å²) in [7, 11) is 0. The number of carboxylic acids is 1. The van der Waals surface area contributed by atoms with E-state index in [4.69, 9.17) is 5.11 Å². The van der Waals surface area contributed by atoms with E-state index in [0.717, 1.165) is 6.42 Å². The first-order chi connectivity index (χ1) is 11.3. The summed E-state index contributed by atoms with van der Waals surface area (Å²) in [5, 5.41) is 11.6. The van der Waals surface area contributed by atoms with Crippen molar-refractivity contribution in [2.24, 2.45) is 5.92 Å². The minimum atomic E-state index is -0.893. The fraction of sp³-hybridized carbons (Fsp3) is 0.500. The van der Waals surface area contributed by atoms with Gasteiger partial charge in [-0.15, -0.1) is 0 Å². The number of benzene rings is 1. The van der Waals surface area contributed by atoms with Crippen molar-refractivity contribution in [3.8, 4) is 0 Å². The predicted octanol–water partition coefficient (Wildman–Crippen LogP) is 1.91. The third kappa shape index (κ3) is 3.93. The topological polar surface area (TPSA) is 86.7 Å². The Labute approximate surface area is 141 Å². The second-order valence-electron chi connectivity index (χ2n) is 6.61. The SMILES string of the molecule is C[C@@H](CNC(=O)[C@@]1(C)CCCN1C(=O)c1ccccc1)CC(=O)O. The molecule has 1 fully saturated rings. The summed E-state index contributed by atoms with van der Waals surface area (Å²) in [6.07, 6.45) is 1.38. The monoisotopic (exact) mass is 332 g/mol. The molecule has 0 aromatic heterocycles. The molecule has 0 unspecified atom stereocenters. The van der Waals surface area contributed by atoms with Crippen molar-refractivity contribution in [2.45, 2.75) is 38.6 Å². The van der Waals surface area contributed by atoms with Crippen molar-refractivity contribution >= 4 is 17.8 Å². The van der Waals surface area contributed by atoms with Crippen LogP contribution in [-0.4, -0.2) is 46.4 Å². The summed E-state index contributed by atoms with van der Waals surface area (Å²) in [6, 6.07) is 8.93. The number of carbonyl (C=O) groups excluding carboxylic acids is 2. The minimum Gasteiger partial charge on any atom is -0.481 e.